The van der Waals surface area contributed by atoms with Crippen LogP contribution in [0.25, 0.3) is 5.69 Å². The minimum Gasteiger partial charge on any atom is -0.439 e. The Morgan fingerprint density at radius 1 is 1.14 bits per heavy atom. The maximum atomic E-state index is 9.97. The van der Waals surface area contributed by atoms with Crippen LogP contribution in [0.5, 0.6) is 11.6 Å². The fourth-order valence-corrected chi connectivity index (χ4v) is 3.68. The third kappa shape index (κ3) is 4.69. The second-order valence-electron chi connectivity index (χ2n) is 8.04. The number of aromatic nitrogens is 2. The van der Waals surface area contributed by atoms with Gasteiger partial charge in [-0.15, -0.1) is 0 Å². The first kappa shape index (κ1) is 19.7. The lowest BCUT2D eigenvalue weighted by Crippen LogP contribution is -2.32. The van der Waals surface area contributed by atoms with E-state index in [1.54, 1.807) is 0 Å². The standard InChI is InChI=1S/C24H29N3O2/c1-17-8-7-11-22(14-17)29-24-23(16-26(15-18(2)28)20-12-13-20)19(3)25-27(24)21-9-5-4-6-10-21/h4-11,14,18,20,28H,12-13,15-16H2,1-3H3. The van der Waals surface area contributed by atoms with Crippen LogP contribution in [-0.2, 0) is 6.54 Å². The van der Waals surface area contributed by atoms with Crippen molar-refractivity contribution in [2.45, 2.75) is 52.3 Å². The number of rotatable bonds is 8. The quantitative estimate of drug-likeness (QED) is 0.608. The van der Waals surface area contributed by atoms with Gasteiger partial charge in [-0.1, -0.05) is 30.3 Å². The number of aliphatic hydroxyl groups is 1. The van der Waals surface area contributed by atoms with Crippen LogP contribution < -0.4 is 4.74 Å². The second kappa shape index (κ2) is 8.39. The highest BCUT2D eigenvalue weighted by molar-refractivity contribution is 5.43. The molecule has 1 atom stereocenters. The molecule has 2 aromatic carbocycles. The molecule has 1 unspecified atom stereocenters. The van der Waals surface area contributed by atoms with Gasteiger partial charge in [0.05, 0.1) is 23.0 Å². The molecule has 1 N–H and O–H groups in total. The molecule has 0 amide bonds. The Balaban J connectivity index is 1.74. The molecule has 29 heavy (non-hydrogen) atoms. The summed E-state index contributed by atoms with van der Waals surface area (Å²) >= 11 is 0. The highest BCUT2D eigenvalue weighted by Gasteiger charge is 2.32. The normalized spacial score (nSPS) is 14.9. The molecule has 1 aliphatic carbocycles. The fraction of sp³-hybridized carbons (Fsp3) is 0.375. The smallest absolute Gasteiger partial charge is 0.227 e. The van der Waals surface area contributed by atoms with Gasteiger partial charge in [0.1, 0.15) is 5.75 Å². The Labute approximate surface area is 172 Å². The fourth-order valence-electron chi connectivity index (χ4n) is 3.68. The number of benzene rings is 2. The van der Waals surface area contributed by atoms with Crippen molar-refractivity contribution in [3.8, 4) is 17.3 Å². The summed E-state index contributed by atoms with van der Waals surface area (Å²) in [6.45, 7) is 7.32. The zero-order chi connectivity index (χ0) is 20.4. The molecule has 1 fully saturated rings. The van der Waals surface area contributed by atoms with Crippen molar-refractivity contribution in [2.75, 3.05) is 6.54 Å². The Bertz CT molecular complexity index is 962. The second-order valence-corrected chi connectivity index (χ2v) is 8.04. The van der Waals surface area contributed by atoms with Gasteiger partial charge in [0.2, 0.25) is 5.88 Å². The Hall–Kier alpha value is -2.63. The van der Waals surface area contributed by atoms with Crippen LogP contribution in [0, 0.1) is 13.8 Å². The summed E-state index contributed by atoms with van der Waals surface area (Å²) in [5.74, 6) is 1.55. The van der Waals surface area contributed by atoms with Gasteiger partial charge in [-0.3, -0.25) is 4.90 Å². The Morgan fingerprint density at radius 2 is 1.90 bits per heavy atom. The first-order valence-corrected chi connectivity index (χ1v) is 10.3. The molecule has 152 valence electrons. The topological polar surface area (TPSA) is 50.5 Å². The van der Waals surface area contributed by atoms with Crippen LogP contribution in [0.4, 0.5) is 0 Å². The van der Waals surface area contributed by atoms with E-state index >= 15 is 0 Å². The molecule has 5 nitrogen and oxygen atoms in total. The molecule has 4 rings (SSSR count). The number of nitrogens with zero attached hydrogens (tertiary/aromatic N) is 3. The molecule has 1 aromatic heterocycles. The number of hydrogen-bond donors (Lipinski definition) is 1. The highest BCUT2D eigenvalue weighted by Crippen LogP contribution is 2.35. The van der Waals surface area contributed by atoms with Crippen molar-refractivity contribution in [3.63, 3.8) is 0 Å². The van der Waals surface area contributed by atoms with Gasteiger partial charge in [-0.05, 0) is 63.4 Å². The summed E-state index contributed by atoms with van der Waals surface area (Å²) in [7, 11) is 0. The summed E-state index contributed by atoms with van der Waals surface area (Å²) in [4.78, 5) is 2.35. The van der Waals surface area contributed by atoms with E-state index in [4.69, 9.17) is 9.84 Å². The van der Waals surface area contributed by atoms with Crippen LogP contribution in [0.3, 0.4) is 0 Å². The predicted octanol–water partition coefficient (Wildman–Crippen LogP) is 4.63. The van der Waals surface area contributed by atoms with Gasteiger partial charge in [-0.25, -0.2) is 4.68 Å². The Kier molecular flexibility index (Phi) is 5.69. The van der Waals surface area contributed by atoms with E-state index in [0.29, 0.717) is 12.6 Å². The number of aliphatic hydroxyl groups excluding tert-OH is 1. The molecule has 0 aliphatic heterocycles. The van der Waals surface area contributed by atoms with E-state index in [2.05, 4.69) is 17.9 Å². The zero-order valence-electron chi connectivity index (χ0n) is 17.4. The maximum absolute atomic E-state index is 9.97. The van der Waals surface area contributed by atoms with Crippen molar-refractivity contribution >= 4 is 0 Å². The van der Waals surface area contributed by atoms with E-state index in [1.165, 1.54) is 12.8 Å². The molecule has 3 aromatic rings. The predicted molar refractivity (Wildman–Crippen MR) is 115 cm³/mol. The van der Waals surface area contributed by atoms with Gasteiger partial charge in [0.15, 0.2) is 0 Å². The van der Waals surface area contributed by atoms with Gasteiger partial charge in [0, 0.05) is 19.1 Å². The van der Waals surface area contributed by atoms with Crippen molar-refractivity contribution < 1.29 is 9.84 Å². The average molecular weight is 392 g/mol. The van der Waals surface area contributed by atoms with E-state index in [9.17, 15) is 5.11 Å². The van der Waals surface area contributed by atoms with Gasteiger partial charge in [0.25, 0.3) is 0 Å². The van der Waals surface area contributed by atoms with Gasteiger partial charge < -0.3 is 9.84 Å². The van der Waals surface area contributed by atoms with Crippen molar-refractivity contribution in [3.05, 3.63) is 71.4 Å². The first-order chi connectivity index (χ1) is 14.0. The monoisotopic (exact) mass is 391 g/mol. The minimum atomic E-state index is -0.360. The van der Waals surface area contributed by atoms with Gasteiger partial charge >= 0.3 is 0 Å². The largest absolute Gasteiger partial charge is 0.439 e. The van der Waals surface area contributed by atoms with Crippen molar-refractivity contribution in [2.24, 2.45) is 0 Å². The summed E-state index contributed by atoms with van der Waals surface area (Å²) in [6, 6.07) is 18.7. The lowest BCUT2D eigenvalue weighted by molar-refractivity contribution is 0.117. The highest BCUT2D eigenvalue weighted by atomic mass is 16.5. The minimum absolute atomic E-state index is 0.360. The molecule has 0 spiro atoms. The molecule has 1 aliphatic rings. The van der Waals surface area contributed by atoms with Crippen LogP contribution in [-0.4, -0.2) is 38.5 Å². The van der Waals surface area contributed by atoms with Crippen LogP contribution in [0.2, 0.25) is 0 Å². The third-order valence-electron chi connectivity index (χ3n) is 5.27. The van der Waals surface area contributed by atoms with Gasteiger partial charge in [-0.2, -0.15) is 5.10 Å². The lowest BCUT2D eigenvalue weighted by atomic mass is 10.2. The molecule has 0 radical (unpaired) electrons. The third-order valence-corrected chi connectivity index (χ3v) is 5.27. The summed E-state index contributed by atoms with van der Waals surface area (Å²) in [5.41, 5.74) is 4.15. The molecule has 5 heteroatoms. The summed E-state index contributed by atoms with van der Waals surface area (Å²) in [6.07, 6.45) is 2.01. The maximum Gasteiger partial charge on any atom is 0.227 e. The van der Waals surface area contributed by atoms with E-state index in [1.807, 2.05) is 67.1 Å². The average Bonchev–Trinajstić information content (AvgIpc) is 3.49. The molecule has 0 bridgehead atoms. The van der Waals surface area contributed by atoms with Crippen molar-refractivity contribution in [1.29, 1.82) is 0 Å². The number of ether oxygens (including phenoxy) is 1. The first-order valence-electron chi connectivity index (χ1n) is 10.3. The molecular formula is C24H29N3O2. The lowest BCUT2D eigenvalue weighted by Gasteiger charge is -2.24. The van der Waals surface area contributed by atoms with E-state index in [0.717, 1.165) is 40.7 Å². The number of hydrogen-bond acceptors (Lipinski definition) is 4. The SMILES string of the molecule is Cc1cccc(Oc2c(CN(CC(C)O)C3CC3)c(C)nn2-c2ccccc2)c1. The van der Waals surface area contributed by atoms with E-state index < -0.39 is 0 Å². The molecule has 0 saturated heterocycles. The van der Waals surface area contributed by atoms with Crippen LogP contribution in [0.1, 0.15) is 36.6 Å². The number of para-hydroxylation sites is 1. The summed E-state index contributed by atoms with van der Waals surface area (Å²) < 4.78 is 8.30. The Morgan fingerprint density at radius 3 is 2.55 bits per heavy atom. The molecular weight excluding hydrogens is 362 g/mol. The molecule has 1 heterocycles. The number of aryl methyl sites for hydroxylation is 2. The van der Waals surface area contributed by atoms with Crippen LogP contribution >= 0.6 is 0 Å². The zero-order valence-corrected chi connectivity index (χ0v) is 17.4. The summed E-state index contributed by atoms with van der Waals surface area (Å²) in [5, 5.41) is 14.8. The van der Waals surface area contributed by atoms with E-state index in [-0.39, 0.29) is 6.10 Å². The van der Waals surface area contributed by atoms with Crippen LogP contribution in [0.15, 0.2) is 54.6 Å². The van der Waals surface area contributed by atoms with Crippen molar-refractivity contribution in [1.82, 2.24) is 14.7 Å². The molecule has 1 saturated carbocycles.